The minimum absolute atomic E-state index is 0.0540. The van der Waals surface area contributed by atoms with Crippen LogP contribution >= 0.6 is 0 Å². The highest BCUT2D eigenvalue weighted by Crippen LogP contribution is 2.31. The Morgan fingerprint density at radius 2 is 1.91 bits per heavy atom. The molecule has 2 aliphatic heterocycles. The van der Waals surface area contributed by atoms with Crippen molar-refractivity contribution in [3.8, 4) is 0 Å². The Morgan fingerprint density at radius 3 is 2.72 bits per heavy atom. The lowest BCUT2D eigenvalue weighted by atomic mass is 10.1. The predicted octanol–water partition coefficient (Wildman–Crippen LogP) is 2.63. The molecule has 0 N–H and O–H groups in total. The zero-order valence-electron chi connectivity index (χ0n) is 18.1. The standard InChI is InChI=1S/C23H25N5O3S/c1-3-27-18-11-6-5-10-17(18)24-21(27)15-26(2)23(29)19-12-8-14-28(19)22-16-9-4-7-13-20(16)32(30,31)25-22/h4-7,9-11,13,19H,3,8,12,14-15H2,1-2H3/t19-/m0/s1. The number of hydrogen-bond donors (Lipinski definition) is 0. The summed E-state index contributed by atoms with van der Waals surface area (Å²) in [6.07, 6.45) is 1.47. The van der Waals surface area contributed by atoms with Gasteiger partial charge in [0.05, 0.1) is 17.6 Å². The molecule has 3 heterocycles. The zero-order chi connectivity index (χ0) is 22.5. The number of para-hydroxylation sites is 2. The number of imidazole rings is 1. The number of aromatic nitrogens is 2. The summed E-state index contributed by atoms with van der Waals surface area (Å²) < 4.78 is 31.2. The molecule has 8 nitrogen and oxygen atoms in total. The summed E-state index contributed by atoms with van der Waals surface area (Å²) in [4.78, 5) is 21.9. The van der Waals surface area contributed by atoms with Crippen molar-refractivity contribution in [2.24, 2.45) is 4.40 Å². The number of nitrogens with zero attached hydrogens (tertiary/aromatic N) is 5. The van der Waals surface area contributed by atoms with Gasteiger partial charge in [-0.1, -0.05) is 24.3 Å². The highest BCUT2D eigenvalue weighted by molar-refractivity contribution is 7.90. The van der Waals surface area contributed by atoms with Crippen LogP contribution in [0.3, 0.4) is 0 Å². The first kappa shape index (κ1) is 20.7. The molecule has 2 aliphatic rings. The lowest BCUT2D eigenvalue weighted by Crippen LogP contribution is -2.46. The molecule has 1 saturated heterocycles. The van der Waals surface area contributed by atoms with Crippen molar-refractivity contribution in [3.63, 3.8) is 0 Å². The van der Waals surface area contributed by atoms with Gasteiger partial charge < -0.3 is 14.4 Å². The average Bonchev–Trinajstić information content (AvgIpc) is 3.47. The Bertz CT molecular complexity index is 1340. The van der Waals surface area contributed by atoms with Gasteiger partial charge in [-0.25, -0.2) is 4.98 Å². The minimum atomic E-state index is -3.73. The first-order valence-electron chi connectivity index (χ1n) is 10.8. The van der Waals surface area contributed by atoms with E-state index in [1.807, 2.05) is 29.2 Å². The molecule has 1 fully saturated rings. The van der Waals surface area contributed by atoms with Gasteiger partial charge in [-0.2, -0.15) is 8.42 Å². The molecule has 32 heavy (non-hydrogen) atoms. The second-order valence-electron chi connectivity index (χ2n) is 8.19. The number of amides is 1. The van der Waals surface area contributed by atoms with E-state index in [9.17, 15) is 13.2 Å². The van der Waals surface area contributed by atoms with Gasteiger partial charge in [-0.15, -0.1) is 4.40 Å². The van der Waals surface area contributed by atoms with E-state index in [1.54, 1.807) is 36.2 Å². The van der Waals surface area contributed by atoms with Crippen molar-refractivity contribution in [2.45, 2.75) is 43.8 Å². The Morgan fingerprint density at radius 1 is 1.16 bits per heavy atom. The summed E-state index contributed by atoms with van der Waals surface area (Å²) in [6, 6.07) is 14.3. The number of likely N-dealkylation sites (N-methyl/N-ethyl adjacent to an activating group) is 1. The average molecular weight is 452 g/mol. The van der Waals surface area contributed by atoms with E-state index in [0.29, 0.717) is 30.9 Å². The number of fused-ring (bicyclic) bond motifs is 2. The molecule has 1 amide bonds. The van der Waals surface area contributed by atoms with Gasteiger partial charge in [0.15, 0.2) is 5.84 Å². The first-order chi connectivity index (χ1) is 15.4. The summed E-state index contributed by atoms with van der Waals surface area (Å²) >= 11 is 0. The maximum atomic E-state index is 13.4. The molecule has 0 radical (unpaired) electrons. The molecule has 166 valence electrons. The van der Waals surface area contributed by atoms with Gasteiger partial charge in [-0.05, 0) is 44.0 Å². The fourth-order valence-corrected chi connectivity index (χ4v) is 5.93. The largest absolute Gasteiger partial charge is 0.343 e. The third-order valence-corrected chi connectivity index (χ3v) is 7.55. The lowest BCUT2D eigenvalue weighted by molar-refractivity contribution is -0.134. The topological polar surface area (TPSA) is 87.9 Å². The number of carbonyl (C=O) groups is 1. The number of carbonyl (C=O) groups excluding carboxylic acids is 1. The Labute approximate surface area is 187 Å². The monoisotopic (exact) mass is 451 g/mol. The van der Waals surface area contributed by atoms with Crippen molar-refractivity contribution in [1.29, 1.82) is 0 Å². The molecule has 1 atom stereocenters. The van der Waals surface area contributed by atoms with Crippen LogP contribution in [0.2, 0.25) is 0 Å². The van der Waals surface area contributed by atoms with Crippen LogP contribution in [-0.4, -0.2) is 59.1 Å². The van der Waals surface area contributed by atoms with E-state index in [4.69, 9.17) is 4.98 Å². The SMILES string of the molecule is CCn1c(CN(C)C(=O)[C@@H]2CCCN2C2=NS(=O)(=O)c3ccccc32)nc2ccccc21. The fraction of sp³-hybridized carbons (Fsp3) is 0.348. The van der Waals surface area contributed by atoms with Crippen LogP contribution in [-0.2, 0) is 27.9 Å². The molecule has 9 heteroatoms. The van der Waals surface area contributed by atoms with Crippen LogP contribution in [0.1, 0.15) is 31.2 Å². The van der Waals surface area contributed by atoms with E-state index in [0.717, 1.165) is 29.8 Å². The lowest BCUT2D eigenvalue weighted by Gasteiger charge is -2.29. The maximum Gasteiger partial charge on any atom is 0.285 e. The van der Waals surface area contributed by atoms with Crippen LogP contribution in [0.25, 0.3) is 11.0 Å². The third-order valence-electron chi connectivity index (χ3n) is 6.23. The minimum Gasteiger partial charge on any atom is -0.343 e. The first-order valence-corrected chi connectivity index (χ1v) is 12.2. The van der Waals surface area contributed by atoms with Crippen LogP contribution in [0.4, 0.5) is 0 Å². The molecule has 5 rings (SSSR count). The molecule has 0 saturated carbocycles. The van der Waals surface area contributed by atoms with Crippen molar-refractivity contribution in [1.82, 2.24) is 19.4 Å². The maximum absolute atomic E-state index is 13.4. The summed E-state index contributed by atoms with van der Waals surface area (Å²) in [7, 11) is -1.95. The molecule has 1 aromatic heterocycles. The Hall–Kier alpha value is -3.20. The van der Waals surface area contributed by atoms with Crippen molar-refractivity contribution >= 4 is 32.8 Å². The van der Waals surface area contributed by atoms with Crippen molar-refractivity contribution < 1.29 is 13.2 Å². The van der Waals surface area contributed by atoms with Crippen LogP contribution in [0, 0.1) is 0 Å². The van der Waals surface area contributed by atoms with Gasteiger partial charge >= 0.3 is 0 Å². The number of aryl methyl sites for hydroxylation is 1. The number of rotatable bonds is 4. The number of likely N-dealkylation sites (tertiary alicyclic amines) is 1. The molecule has 0 spiro atoms. The second-order valence-corrected chi connectivity index (χ2v) is 9.77. The highest BCUT2D eigenvalue weighted by Gasteiger charge is 2.40. The number of hydrogen-bond acceptors (Lipinski definition) is 5. The predicted molar refractivity (Wildman–Crippen MR) is 122 cm³/mol. The van der Waals surface area contributed by atoms with Gasteiger partial charge in [0, 0.05) is 25.7 Å². The Balaban J connectivity index is 1.41. The molecule has 2 aromatic carbocycles. The van der Waals surface area contributed by atoms with Gasteiger partial charge in [0.25, 0.3) is 10.0 Å². The smallest absolute Gasteiger partial charge is 0.285 e. The van der Waals surface area contributed by atoms with Crippen LogP contribution in [0.5, 0.6) is 0 Å². The van der Waals surface area contributed by atoms with Crippen molar-refractivity contribution in [3.05, 3.63) is 59.9 Å². The zero-order valence-corrected chi connectivity index (χ0v) is 18.9. The number of amidine groups is 1. The van der Waals surface area contributed by atoms with E-state index in [-0.39, 0.29) is 10.8 Å². The second kappa shape index (κ2) is 7.74. The molecule has 3 aromatic rings. The molecular formula is C23H25N5O3S. The fourth-order valence-electron chi connectivity index (χ4n) is 4.72. The van der Waals surface area contributed by atoms with E-state index >= 15 is 0 Å². The quantitative estimate of drug-likeness (QED) is 0.609. The summed E-state index contributed by atoms with van der Waals surface area (Å²) in [5, 5.41) is 0. The molecule has 0 unspecified atom stereocenters. The molecule has 0 aliphatic carbocycles. The summed E-state index contributed by atoms with van der Waals surface area (Å²) in [5.41, 5.74) is 2.54. The summed E-state index contributed by atoms with van der Waals surface area (Å²) in [5.74, 6) is 1.16. The van der Waals surface area contributed by atoms with E-state index in [2.05, 4.69) is 15.9 Å². The molecular weight excluding hydrogens is 426 g/mol. The molecule has 0 bridgehead atoms. The summed E-state index contributed by atoms with van der Waals surface area (Å²) in [6.45, 7) is 3.81. The van der Waals surface area contributed by atoms with E-state index in [1.165, 1.54) is 0 Å². The number of sulfonamides is 1. The van der Waals surface area contributed by atoms with Gasteiger partial charge in [0.2, 0.25) is 5.91 Å². The third kappa shape index (κ3) is 3.28. The highest BCUT2D eigenvalue weighted by atomic mass is 32.2. The van der Waals surface area contributed by atoms with E-state index < -0.39 is 16.1 Å². The van der Waals surface area contributed by atoms with Gasteiger partial charge in [0.1, 0.15) is 16.8 Å². The number of benzene rings is 2. The normalized spacial score (nSPS) is 19.2. The van der Waals surface area contributed by atoms with Crippen LogP contribution in [0.15, 0.2) is 57.8 Å². The van der Waals surface area contributed by atoms with Gasteiger partial charge in [-0.3, -0.25) is 4.79 Å². The van der Waals surface area contributed by atoms with Crippen molar-refractivity contribution in [2.75, 3.05) is 13.6 Å². The van der Waals surface area contributed by atoms with Crippen LogP contribution < -0.4 is 0 Å². The Kier molecular flexibility index (Phi) is 5.00.